The zero-order valence-electron chi connectivity index (χ0n) is 12.3. The summed E-state index contributed by atoms with van der Waals surface area (Å²) in [6.07, 6.45) is 6.29. The number of likely N-dealkylation sites (tertiary alicyclic amines) is 1. The van der Waals surface area contributed by atoms with Gasteiger partial charge in [0.05, 0.1) is 5.60 Å². The summed E-state index contributed by atoms with van der Waals surface area (Å²) in [7, 11) is 0. The first-order valence-electron chi connectivity index (χ1n) is 7.76. The number of aryl methyl sites for hydroxylation is 1. The highest BCUT2D eigenvalue weighted by Crippen LogP contribution is 2.35. The second kappa shape index (κ2) is 6.02. The summed E-state index contributed by atoms with van der Waals surface area (Å²) in [6.45, 7) is 2.88. The highest BCUT2D eigenvalue weighted by atomic mass is 16.5. The molecule has 114 valence electrons. The quantitative estimate of drug-likeness (QED) is 0.846. The molecule has 0 aromatic carbocycles. The lowest BCUT2D eigenvalue weighted by Crippen LogP contribution is -2.46. The van der Waals surface area contributed by atoms with E-state index in [1.807, 2.05) is 11.0 Å². The van der Waals surface area contributed by atoms with Crippen LogP contribution in [-0.4, -0.2) is 40.7 Å². The third kappa shape index (κ3) is 3.18. The molecular weight excluding hydrogens is 268 g/mol. The predicted octanol–water partition coefficient (Wildman–Crippen LogP) is 1.41. The van der Waals surface area contributed by atoms with Crippen LogP contribution < -0.4 is 5.56 Å². The maximum atomic E-state index is 12.3. The van der Waals surface area contributed by atoms with Crippen molar-refractivity contribution in [3.63, 3.8) is 0 Å². The molecule has 0 aliphatic carbocycles. The second-order valence-corrected chi connectivity index (χ2v) is 6.00. The number of amides is 1. The average molecular weight is 290 g/mol. The topological polar surface area (TPSA) is 51.5 Å². The number of ether oxygens (including phenoxy) is 1. The number of aromatic nitrogens is 1. The lowest BCUT2D eigenvalue weighted by Gasteiger charge is -2.38. The van der Waals surface area contributed by atoms with Gasteiger partial charge in [-0.1, -0.05) is 6.07 Å². The van der Waals surface area contributed by atoms with E-state index in [1.165, 1.54) is 6.07 Å². The number of hydrogen-bond donors (Lipinski definition) is 0. The van der Waals surface area contributed by atoms with E-state index in [-0.39, 0.29) is 17.1 Å². The zero-order chi connectivity index (χ0) is 14.7. The highest BCUT2D eigenvalue weighted by molar-refractivity contribution is 5.76. The molecule has 0 radical (unpaired) electrons. The Morgan fingerprint density at radius 2 is 2.05 bits per heavy atom. The van der Waals surface area contributed by atoms with Gasteiger partial charge in [0.15, 0.2) is 0 Å². The third-order valence-electron chi connectivity index (χ3n) is 4.68. The van der Waals surface area contributed by atoms with Crippen molar-refractivity contribution < 1.29 is 9.53 Å². The van der Waals surface area contributed by atoms with Crippen LogP contribution in [-0.2, 0) is 16.1 Å². The van der Waals surface area contributed by atoms with Crippen molar-refractivity contribution in [1.82, 2.24) is 9.47 Å². The van der Waals surface area contributed by atoms with Crippen LogP contribution in [0, 0.1) is 0 Å². The molecule has 2 aliphatic heterocycles. The van der Waals surface area contributed by atoms with Gasteiger partial charge in [-0.3, -0.25) is 9.59 Å². The van der Waals surface area contributed by atoms with E-state index in [2.05, 4.69) is 0 Å². The number of rotatable bonds is 3. The van der Waals surface area contributed by atoms with Gasteiger partial charge in [-0.2, -0.15) is 0 Å². The van der Waals surface area contributed by atoms with E-state index in [9.17, 15) is 9.59 Å². The lowest BCUT2D eigenvalue weighted by atomic mass is 9.88. The number of nitrogens with zero attached hydrogens (tertiary/aromatic N) is 2. The average Bonchev–Trinajstić information content (AvgIpc) is 2.95. The number of hydrogen-bond acceptors (Lipinski definition) is 3. The molecule has 5 nitrogen and oxygen atoms in total. The van der Waals surface area contributed by atoms with Gasteiger partial charge in [-0.05, 0) is 31.7 Å². The number of carbonyl (C=O) groups is 1. The maximum Gasteiger partial charge on any atom is 0.250 e. The summed E-state index contributed by atoms with van der Waals surface area (Å²) < 4.78 is 7.46. The Balaban J connectivity index is 1.50. The molecule has 5 heteroatoms. The number of piperidine rings is 1. The summed E-state index contributed by atoms with van der Waals surface area (Å²) in [6, 6.07) is 5.05. The summed E-state index contributed by atoms with van der Waals surface area (Å²) >= 11 is 0. The van der Waals surface area contributed by atoms with Crippen LogP contribution in [0.25, 0.3) is 0 Å². The van der Waals surface area contributed by atoms with Crippen LogP contribution in [0.2, 0.25) is 0 Å². The standard InChI is InChI=1S/C16H22N2O3/c19-14-4-1-2-9-17(14)10-5-15(20)18-11-7-16(8-12-18)6-3-13-21-16/h1-2,4,9H,3,5-8,10-13H2. The first kappa shape index (κ1) is 14.3. The van der Waals surface area contributed by atoms with Gasteiger partial charge in [-0.25, -0.2) is 0 Å². The van der Waals surface area contributed by atoms with E-state index in [4.69, 9.17) is 4.74 Å². The van der Waals surface area contributed by atoms with E-state index in [0.29, 0.717) is 13.0 Å². The summed E-state index contributed by atoms with van der Waals surface area (Å²) in [4.78, 5) is 25.8. The van der Waals surface area contributed by atoms with Gasteiger partial charge in [0.1, 0.15) is 0 Å². The van der Waals surface area contributed by atoms with Crippen molar-refractivity contribution in [1.29, 1.82) is 0 Å². The minimum atomic E-state index is -0.0535. The van der Waals surface area contributed by atoms with Crippen LogP contribution in [0.1, 0.15) is 32.1 Å². The van der Waals surface area contributed by atoms with Crippen molar-refractivity contribution in [2.75, 3.05) is 19.7 Å². The van der Waals surface area contributed by atoms with Crippen molar-refractivity contribution in [3.05, 3.63) is 34.7 Å². The van der Waals surface area contributed by atoms with Crippen molar-refractivity contribution in [2.24, 2.45) is 0 Å². The monoisotopic (exact) mass is 290 g/mol. The largest absolute Gasteiger partial charge is 0.375 e. The van der Waals surface area contributed by atoms with Gasteiger partial charge in [0.25, 0.3) is 5.56 Å². The Hall–Kier alpha value is -1.62. The number of carbonyl (C=O) groups excluding carboxylic acids is 1. The fraction of sp³-hybridized carbons (Fsp3) is 0.625. The molecule has 2 saturated heterocycles. The Morgan fingerprint density at radius 1 is 1.24 bits per heavy atom. The van der Waals surface area contributed by atoms with E-state index in [1.54, 1.807) is 16.8 Å². The lowest BCUT2D eigenvalue weighted by molar-refractivity contribution is -0.136. The SMILES string of the molecule is O=C(CCn1ccccc1=O)N1CCC2(CCCO2)CC1. The fourth-order valence-corrected chi connectivity index (χ4v) is 3.33. The van der Waals surface area contributed by atoms with Crippen molar-refractivity contribution in [3.8, 4) is 0 Å². The summed E-state index contributed by atoms with van der Waals surface area (Å²) in [5, 5.41) is 0. The van der Waals surface area contributed by atoms with Crippen LogP contribution in [0.5, 0.6) is 0 Å². The first-order chi connectivity index (χ1) is 10.2. The molecule has 1 spiro atoms. The predicted molar refractivity (Wildman–Crippen MR) is 79.1 cm³/mol. The van der Waals surface area contributed by atoms with Gasteiger partial charge in [-0.15, -0.1) is 0 Å². The van der Waals surface area contributed by atoms with Crippen LogP contribution in [0.15, 0.2) is 29.2 Å². The minimum Gasteiger partial charge on any atom is -0.375 e. The Bertz CT molecular complexity index is 551. The van der Waals surface area contributed by atoms with Crippen LogP contribution in [0.3, 0.4) is 0 Å². The van der Waals surface area contributed by atoms with Gasteiger partial charge >= 0.3 is 0 Å². The second-order valence-electron chi connectivity index (χ2n) is 6.00. The molecule has 3 rings (SSSR count). The molecule has 0 unspecified atom stereocenters. The molecule has 2 aliphatic rings. The minimum absolute atomic E-state index is 0.0488. The van der Waals surface area contributed by atoms with E-state index < -0.39 is 0 Å². The molecular formula is C16H22N2O3. The molecule has 0 bridgehead atoms. The van der Waals surface area contributed by atoms with E-state index in [0.717, 1.165) is 45.4 Å². The third-order valence-corrected chi connectivity index (χ3v) is 4.68. The molecule has 3 heterocycles. The molecule has 0 saturated carbocycles. The Kier molecular flexibility index (Phi) is 4.10. The highest BCUT2D eigenvalue weighted by Gasteiger charge is 2.39. The smallest absolute Gasteiger partial charge is 0.250 e. The molecule has 2 fully saturated rings. The van der Waals surface area contributed by atoms with Gasteiger partial charge < -0.3 is 14.2 Å². The molecule has 21 heavy (non-hydrogen) atoms. The van der Waals surface area contributed by atoms with Crippen molar-refractivity contribution >= 4 is 5.91 Å². The zero-order valence-corrected chi connectivity index (χ0v) is 12.3. The molecule has 1 aromatic heterocycles. The Labute approximate surface area is 124 Å². The number of pyridine rings is 1. The Morgan fingerprint density at radius 3 is 2.71 bits per heavy atom. The van der Waals surface area contributed by atoms with Crippen LogP contribution in [0.4, 0.5) is 0 Å². The fourth-order valence-electron chi connectivity index (χ4n) is 3.33. The maximum absolute atomic E-state index is 12.3. The molecule has 1 amide bonds. The summed E-state index contributed by atoms with van der Waals surface area (Å²) in [5.74, 6) is 0.138. The normalized spacial score (nSPS) is 20.9. The van der Waals surface area contributed by atoms with Crippen LogP contribution >= 0.6 is 0 Å². The molecule has 1 aromatic rings. The van der Waals surface area contributed by atoms with Gasteiger partial charge in [0.2, 0.25) is 5.91 Å². The van der Waals surface area contributed by atoms with Gasteiger partial charge in [0, 0.05) is 44.9 Å². The molecule has 0 atom stereocenters. The van der Waals surface area contributed by atoms with Crippen molar-refractivity contribution in [2.45, 2.75) is 44.2 Å². The first-order valence-corrected chi connectivity index (χ1v) is 7.76. The summed E-state index contributed by atoms with van der Waals surface area (Å²) in [5.41, 5.74) is -0.00471. The molecule has 0 N–H and O–H groups in total. The van der Waals surface area contributed by atoms with E-state index >= 15 is 0 Å².